The first-order valence-electron chi connectivity index (χ1n) is 7.09. The molecular weight excluding hydrogens is 303 g/mol. The Morgan fingerprint density at radius 1 is 1.32 bits per heavy atom. The Balaban J connectivity index is 2.38. The van der Waals surface area contributed by atoms with Crippen LogP contribution in [0.4, 0.5) is 4.39 Å². The summed E-state index contributed by atoms with van der Waals surface area (Å²) >= 11 is 6.18. The van der Waals surface area contributed by atoms with Gasteiger partial charge in [-0.3, -0.25) is 0 Å². The fourth-order valence-corrected chi connectivity index (χ4v) is 3.08. The van der Waals surface area contributed by atoms with Crippen LogP contribution >= 0.6 is 11.6 Å². The van der Waals surface area contributed by atoms with Crippen LogP contribution in [0.5, 0.6) is 0 Å². The highest BCUT2D eigenvalue weighted by atomic mass is 35.5. The van der Waals surface area contributed by atoms with Crippen molar-refractivity contribution in [1.82, 2.24) is 9.61 Å². The average Bonchev–Trinajstić information content (AvgIpc) is 2.92. The Kier molecular flexibility index (Phi) is 3.89. The van der Waals surface area contributed by atoms with Gasteiger partial charge in [0.1, 0.15) is 5.82 Å². The minimum Gasteiger partial charge on any atom is -0.392 e. The van der Waals surface area contributed by atoms with Gasteiger partial charge in [-0.05, 0) is 41.8 Å². The normalized spacial score (nSPS) is 11.5. The predicted octanol–water partition coefficient (Wildman–Crippen LogP) is 4.41. The van der Waals surface area contributed by atoms with Gasteiger partial charge in [-0.15, -0.1) is 0 Å². The van der Waals surface area contributed by atoms with Crippen LogP contribution in [-0.4, -0.2) is 14.7 Å². The van der Waals surface area contributed by atoms with Gasteiger partial charge >= 0.3 is 0 Å². The van der Waals surface area contributed by atoms with Gasteiger partial charge in [0.2, 0.25) is 0 Å². The van der Waals surface area contributed by atoms with E-state index in [-0.39, 0.29) is 17.5 Å². The summed E-state index contributed by atoms with van der Waals surface area (Å²) in [5.74, 6) is -0.189. The molecule has 0 fully saturated rings. The molecule has 0 atom stereocenters. The summed E-state index contributed by atoms with van der Waals surface area (Å²) in [6.07, 6.45) is 1.85. The Morgan fingerprint density at radius 3 is 2.73 bits per heavy atom. The summed E-state index contributed by atoms with van der Waals surface area (Å²) in [5, 5.41) is 14.7. The van der Waals surface area contributed by atoms with Crippen molar-refractivity contribution in [3.63, 3.8) is 0 Å². The molecule has 0 aliphatic heterocycles. The standard InChI is InChI=1S/C17H16ClFN2O/c1-10(2)16-13(9-22)17(20-21-7-3-4-15(16)21)12-6-5-11(19)8-14(12)18/h3-8,10,22H,9H2,1-2H3. The number of nitrogens with zero attached hydrogens (tertiary/aromatic N) is 2. The van der Waals surface area contributed by atoms with Crippen LogP contribution in [0.3, 0.4) is 0 Å². The van der Waals surface area contributed by atoms with Crippen molar-refractivity contribution in [2.24, 2.45) is 0 Å². The first-order valence-corrected chi connectivity index (χ1v) is 7.47. The van der Waals surface area contributed by atoms with Crippen molar-refractivity contribution in [3.05, 3.63) is 58.5 Å². The summed E-state index contributed by atoms with van der Waals surface area (Å²) in [6, 6.07) is 8.08. The first-order chi connectivity index (χ1) is 10.5. The van der Waals surface area contributed by atoms with Crippen molar-refractivity contribution >= 4 is 17.1 Å². The van der Waals surface area contributed by atoms with E-state index >= 15 is 0 Å². The van der Waals surface area contributed by atoms with E-state index in [1.54, 1.807) is 10.6 Å². The number of aromatic nitrogens is 2. The fraction of sp³-hybridized carbons (Fsp3) is 0.235. The second-order valence-corrected chi connectivity index (χ2v) is 5.92. The molecule has 0 unspecified atom stereocenters. The molecule has 3 aromatic rings. The lowest BCUT2D eigenvalue weighted by Gasteiger charge is -2.18. The third-order valence-electron chi connectivity index (χ3n) is 3.74. The predicted molar refractivity (Wildman–Crippen MR) is 85.6 cm³/mol. The van der Waals surface area contributed by atoms with Crippen LogP contribution in [0.15, 0.2) is 36.5 Å². The van der Waals surface area contributed by atoms with E-state index in [9.17, 15) is 9.50 Å². The Hall–Kier alpha value is -1.91. The van der Waals surface area contributed by atoms with E-state index < -0.39 is 5.82 Å². The van der Waals surface area contributed by atoms with Crippen molar-refractivity contribution in [1.29, 1.82) is 0 Å². The van der Waals surface area contributed by atoms with E-state index in [2.05, 4.69) is 18.9 Å². The minimum absolute atomic E-state index is 0.148. The lowest BCUT2D eigenvalue weighted by atomic mass is 9.94. The maximum Gasteiger partial charge on any atom is 0.124 e. The maximum atomic E-state index is 13.3. The van der Waals surface area contributed by atoms with Crippen molar-refractivity contribution < 1.29 is 9.50 Å². The summed E-state index contributed by atoms with van der Waals surface area (Å²) in [4.78, 5) is 0. The molecule has 1 N–H and O–H groups in total. The quantitative estimate of drug-likeness (QED) is 0.776. The van der Waals surface area contributed by atoms with Gasteiger partial charge < -0.3 is 5.11 Å². The van der Waals surface area contributed by atoms with Crippen LogP contribution in [0.1, 0.15) is 30.9 Å². The highest BCUT2D eigenvalue weighted by molar-refractivity contribution is 6.33. The number of rotatable bonds is 3. The van der Waals surface area contributed by atoms with Crippen molar-refractivity contribution in [2.75, 3.05) is 0 Å². The topological polar surface area (TPSA) is 37.5 Å². The summed E-state index contributed by atoms with van der Waals surface area (Å²) in [5.41, 5.74) is 3.91. The number of aliphatic hydroxyl groups excluding tert-OH is 1. The molecule has 1 aromatic carbocycles. The molecule has 5 heteroatoms. The SMILES string of the molecule is CC(C)c1c(CO)c(-c2ccc(F)cc2Cl)nn2cccc12. The number of halogens is 2. The second kappa shape index (κ2) is 5.71. The smallest absolute Gasteiger partial charge is 0.124 e. The van der Waals surface area contributed by atoms with E-state index in [1.807, 2.05) is 18.3 Å². The van der Waals surface area contributed by atoms with E-state index in [4.69, 9.17) is 11.6 Å². The summed E-state index contributed by atoms with van der Waals surface area (Å²) in [7, 11) is 0. The van der Waals surface area contributed by atoms with Crippen LogP contribution < -0.4 is 0 Å². The molecule has 0 saturated heterocycles. The van der Waals surface area contributed by atoms with Crippen molar-refractivity contribution in [3.8, 4) is 11.3 Å². The fourth-order valence-electron chi connectivity index (χ4n) is 2.83. The molecule has 0 spiro atoms. The third kappa shape index (κ3) is 2.38. The molecular formula is C17H16ClFN2O. The van der Waals surface area contributed by atoms with Gasteiger partial charge in [0.25, 0.3) is 0 Å². The second-order valence-electron chi connectivity index (χ2n) is 5.52. The molecule has 0 radical (unpaired) electrons. The van der Waals surface area contributed by atoms with Crippen LogP contribution in [-0.2, 0) is 6.61 Å². The molecule has 0 aliphatic carbocycles. The van der Waals surface area contributed by atoms with Gasteiger partial charge in [0.15, 0.2) is 0 Å². The van der Waals surface area contributed by atoms with Crippen LogP contribution in [0.2, 0.25) is 5.02 Å². The zero-order valence-corrected chi connectivity index (χ0v) is 13.1. The average molecular weight is 319 g/mol. The summed E-state index contributed by atoms with van der Waals surface area (Å²) < 4.78 is 15.1. The zero-order valence-electron chi connectivity index (χ0n) is 12.3. The molecule has 114 valence electrons. The van der Waals surface area contributed by atoms with E-state index in [0.29, 0.717) is 11.3 Å². The molecule has 2 aromatic heterocycles. The Bertz CT molecular complexity index is 842. The zero-order chi connectivity index (χ0) is 15.9. The van der Waals surface area contributed by atoms with Gasteiger partial charge in [-0.2, -0.15) is 5.10 Å². The van der Waals surface area contributed by atoms with Crippen LogP contribution in [0, 0.1) is 5.82 Å². The highest BCUT2D eigenvalue weighted by Gasteiger charge is 2.19. The molecule has 3 nitrogen and oxygen atoms in total. The third-order valence-corrected chi connectivity index (χ3v) is 4.06. The molecule has 0 amide bonds. The first kappa shape index (κ1) is 15.0. The van der Waals surface area contributed by atoms with E-state index in [0.717, 1.165) is 16.6 Å². The van der Waals surface area contributed by atoms with Crippen molar-refractivity contribution in [2.45, 2.75) is 26.4 Å². The molecule has 22 heavy (non-hydrogen) atoms. The Morgan fingerprint density at radius 2 is 2.09 bits per heavy atom. The van der Waals surface area contributed by atoms with Gasteiger partial charge in [-0.25, -0.2) is 8.91 Å². The number of benzene rings is 1. The number of fused-ring (bicyclic) bond motifs is 1. The van der Waals surface area contributed by atoms with E-state index in [1.165, 1.54) is 12.1 Å². The number of hydrogen-bond donors (Lipinski definition) is 1. The van der Waals surface area contributed by atoms with Gasteiger partial charge in [0.05, 0.1) is 22.8 Å². The molecule has 0 aliphatic rings. The summed E-state index contributed by atoms with van der Waals surface area (Å²) in [6.45, 7) is 3.99. The Labute approximate surface area is 133 Å². The van der Waals surface area contributed by atoms with Gasteiger partial charge in [-0.1, -0.05) is 25.4 Å². The molecule has 0 saturated carbocycles. The molecule has 0 bridgehead atoms. The monoisotopic (exact) mass is 318 g/mol. The lowest BCUT2D eigenvalue weighted by molar-refractivity contribution is 0.280. The minimum atomic E-state index is -0.398. The maximum absolute atomic E-state index is 13.3. The number of hydrogen-bond acceptors (Lipinski definition) is 2. The molecule has 3 rings (SSSR count). The largest absolute Gasteiger partial charge is 0.392 e. The number of aliphatic hydroxyl groups is 1. The lowest BCUT2D eigenvalue weighted by Crippen LogP contribution is -2.07. The molecule has 2 heterocycles. The highest BCUT2D eigenvalue weighted by Crippen LogP contribution is 2.35. The van der Waals surface area contributed by atoms with Gasteiger partial charge in [0, 0.05) is 17.3 Å². The van der Waals surface area contributed by atoms with Crippen LogP contribution in [0.25, 0.3) is 16.8 Å².